The molecule has 1 unspecified atom stereocenters. The average Bonchev–Trinajstić information content (AvgIpc) is 3.33. The molecule has 0 aliphatic carbocycles. The molecule has 1 atom stereocenters. The summed E-state index contributed by atoms with van der Waals surface area (Å²) in [6.45, 7) is -0.682. The number of nitrogens with one attached hydrogen (secondary N) is 1. The molecule has 11 heteroatoms. The number of halogens is 3. The standard InChI is InChI=1S/C17H18ClF2N7O/c1-2-13(16(28)22-8-7-14-21-9-10-26(14)17(19)20)27-24-15(23-25-27)11-3-5-12(18)6-4-11/h3-6,9-10,13,17H,2,7-8H2,1H3,(H,22,28). The number of imidazole rings is 1. The summed E-state index contributed by atoms with van der Waals surface area (Å²) in [5.41, 5.74) is 0.727. The maximum atomic E-state index is 12.8. The Bertz CT molecular complexity index is 926. The second kappa shape index (κ2) is 8.87. The summed E-state index contributed by atoms with van der Waals surface area (Å²) in [5, 5.41) is 15.5. The van der Waals surface area contributed by atoms with Crippen LogP contribution in [0, 0.1) is 0 Å². The molecule has 1 amide bonds. The van der Waals surface area contributed by atoms with E-state index in [-0.39, 0.29) is 24.7 Å². The van der Waals surface area contributed by atoms with Gasteiger partial charge in [-0.25, -0.2) is 4.98 Å². The molecule has 1 aromatic carbocycles. The highest BCUT2D eigenvalue weighted by molar-refractivity contribution is 6.30. The number of carbonyl (C=O) groups is 1. The second-order valence-corrected chi connectivity index (χ2v) is 6.37. The molecule has 0 spiro atoms. The molecule has 3 aromatic rings. The summed E-state index contributed by atoms with van der Waals surface area (Å²) >= 11 is 5.87. The molecule has 0 aliphatic rings. The highest BCUT2D eigenvalue weighted by atomic mass is 35.5. The van der Waals surface area contributed by atoms with E-state index in [4.69, 9.17) is 11.6 Å². The number of alkyl halides is 2. The summed E-state index contributed by atoms with van der Waals surface area (Å²) in [7, 11) is 0. The number of carbonyl (C=O) groups excluding carboxylic acids is 1. The van der Waals surface area contributed by atoms with Crippen LogP contribution in [0.15, 0.2) is 36.7 Å². The molecule has 0 bridgehead atoms. The van der Waals surface area contributed by atoms with Crippen molar-refractivity contribution >= 4 is 17.5 Å². The predicted octanol–water partition coefficient (Wildman–Crippen LogP) is 2.90. The summed E-state index contributed by atoms with van der Waals surface area (Å²) in [6, 6.07) is 6.28. The number of aromatic nitrogens is 6. The van der Waals surface area contributed by atoms with Crippen molar-refractivity contribution in [2.75, 3.05) is 6.54 Å². The zero-order valence-electron chi connectivity index (χ0n) is 15.0. The van der Waals surface area contributed by atoms with Gasteiger partial charge in [0.15, 0.2) is 6.04 Å². The molecule has 2 aromatic heterocycles. The van der Waals surface area contributed by atoms with Crippen LogP contribution in [0.1, 0.15) is 31.8 Å². The molecule has 0 saturated carbocycles. The lowest BCUT2D eigenvalue weighted by molar-refractivity contribution is -0.125. The Morgan fingerprint density at radius 3 is 2.71 bits per heavy atom. The Morgan fingerprint density at radius 2 is 2.04 bits per heavy atom. The van der Waals surface area contributed by atoms with Crippen molar-refractivity contribution in [3.05, 3.63) is 47.5 Å². The lowest BCUT2D eigenvalue weighted by atomic mass is 10.2. The van der Waals surface area contributed by atoms with Crippen LogP contribution in [-0.4, -0.2) is 42.2 Å². The molecular weight excluding hydrogens is 392 g/mol. The quantitative estimate of drug-likeness (QED) is 0.617. The maximum Gasteiger partial charge on any atom is 0.319 e. The van der Waals surface area contributed by atoms with Gasteiger partial charge in [-0.3, -0.25) is 9.36 Å². The van der Waals surface area contributed by atoms with Crippen molar-refractivity contribution in [2.45, 2.75) is 32.4 Å². The van der Waals surface area contributed by atoms with Gasteiger partial charge in [-0.05, 0) is 35.9 Å². The molecule has 8 nitrogen and oxygen atoms in total. The van der Waals surface area contributed by atoms with Gasteiger partial charge in [-0.2, -0.15) is 13.6 Å². The Hall–Kier alpha value is -2.88. The van der Waals surface area contributed by atoms with E-state index in [1.165, 1.54) is 17.2 Å². The van der Waals surface area contributed by atoms with Crippen molar-refractivity contribution < 1.29 is 13.6 Å². The second-order valence-electron chi connectivity index (χ2n) is 5.93. The molecule has 0 radical (unpaired) electrons. The summed E-state index contributed by atoms with van der Waals surface area (Å²) in [5.74, 6) is 0.256. The number of hydrogen-bond donors (Lipinski definition) is 1. The number of rotatable bonds is 8. The fourth-order valence-electron chi connectivity index (χ4n) is 2.66. The minimum absolute atomic E-state index is 0.164. The van der Waals surface area contributed by atoms with Gasteiger partial charge >= 0.3 is 6.55 Å². The van der Waals surface area contributed by atoms with E-state index in [0.717, 1.165) is 10.1 Å². The minimum atomic E-state index is -2.66. The molecule has 0 fully saturated rings. The van der Waals surface area contributed by atoms with Crippen LogP contribution in [0.2, 0.25) is 5.02 Å². The van der Waals surface area contributed by atoms with Crippen molar-refractivity contribution in [3.63, 3.8) is 0 Å². The largest absolute Gasteiger partial charge is 0.354 e. The molecule has 3 rings (SSSR count). The molecule has 1 N–H and O–H groups in total. The van der Waals surface area contributed by atoms with E-state index < -0.39 is 12.6 Å². The average molecular weight is 410 g/mol. The summed E-state index contributed by atoms with van der Waals surface area (Å²) in [4.78, 5) is 17.6. The molecular formula is C17H18ClF2N7O. The van der Waals surface area contributed by atoms with Gasteiger partial charge in [0.25, 0.3) is 0 Å². The summed E-state index contributed by atoms with van der Waals surface area (Å²) in [6.07, 6.45) is 3.12. The number of hydrogen-bond acceptors (Lipinski definition) is 5. The van der Waals surface area contributed by atoms with E-state index in [2.05, 4.69) is 25.7 Å². The highest BCUT2D eigenvalue weighted by Gasteiger charge is 2.22. The Kier molecular flexibility index (Phi) is 6.30. The van der Waals surface area contributed by atoms with Gasteiger partial charge in [0.05, 0.1) is 0 Å². The third-order valence-electron chi connectivity index (χ3n) is 4.11. The molecule has 0 saturated heterocycles. The molecule has 0 aliphatic heterocycles. The molecule has 28 heavy (non-hydrogen) atoms. The van der Waals surface area contributed by atoms with Crippen LogP contribution in [0.5, 0.6) is 0 Å². The zero-order chi connectivity index (χ0) is 20.1. The van der Waals surface area contributed by atoms with Gasteiger partial charge in [-0.15, -0.1) is 10.2 Å². The van der Waals surface area contributed by atoms with Crippen LogP contribution in [0.4, 0.5) is 8.78 Å². The van der Waals surface area contributed by atoms with Crippen LogP contribution in [-0.2, 0) is 11.2 Å². The highest BCUT2D eigenvalue weighted by Crippen LogP contribution is 2.18. The number of benzene rings is 1. The van der Waals surface area contributed by atoms with E-state index in [1.807, 2.05) is 6.92 Å². The van der Waals surface area contributed by atoms with Crippen molar-refractivity contribution in [3.8, 4) is 11.4 Å². The monoisotopic (exact) mass is 409 g/mol. The van der Waals surface area contributed by atoms with E-state index in [0.29, 0.717) is 17.3 Å². The van der Waals surface area contributed by atoms with E-state index in [9.17, 15) is 13.6 Å². The molecule has 148 valence electrons. The summed E-state index contributed by atoms with van der Waals surface area (Å²) < 4.78 is 26.4. The fraction of sp³-hybridized carbons (Fsp3) is 0.353. The predicted molar refractivity (Wildman–Crippen MR) is 97.8 cm³/mol. The lowest BCUT2D eigenvalue weighted by Crippen LogP contribution is -2.35. The van der Waals surface area contributed by atoms with Gasteiger partial charge in [0.2, 0.25) is 11.7 Å². The number of tetrazole rings is 1. The van der Waals surface area contributed by atoms with Crippen LogP contribution < -0.4 is 5.32 Å². The van der Waals surface area contributed by atoms with Crippen molar-refractivity contribution in [1.29, 1.82) is 0 Å². The first-order valence-corrected chi connectivity index (χ1v) is 9.00. The minimum Gasteiger partial charge on any atom is -0.354 e. The Balaban J connectivity index is 1.62. The van der Waals surface area contributed by atoms with Crippen molar-refractivity contribution in [1.82, 2.24) is 35.1 Å². The smallest absolute Gasteiger partial charge is 0.319 e. The maximum absolute atomic E-state index is 12.8. The van der Waals surface area contributed by atoms with Gasteiger partial charge in [0, 0.05) is 35.9 Å². The fourth-order valence-corrected chi connectivity index (χ4v) is 2.78. The van der Waals surface area contributed by atoms with Crippen LogP contribution >= 0.6 is 11.6 Å². The van der Waals surface area contributed by atoms with Crippen LogP contribution in [0.25, 0.3) is 11.4 Å². The topological polar surface area (TPSA) is 90.5 Å². The third kappa shape index (κ3) is 4.50. The first-order valence-electron chi connectivity index (χ1n) is 8.62. The van der Waals surface area contributed by atoms with E-state index in [1.54, 1.807) is 24.3 Å². The Morgan fingerprint density at radius 1 is 1.29 bits per heavy atom. The van der Waals surface area contributed by atoms with Gasteiger partial charge in [-0.1, -0.05) is 18.5 Å². The first-order chi connectivity index (χ1) is 13.5. The number of amides is 1. The van der Waals surface area contributed by atoms with Crippen molar-refractivity contribution in [2.24, 2.45) is 0 Å². The van der Waals surface area contributed by atoms with E-state index >= 15 is 0 Å². The first kappa shape index (κ1) is 19.9. The van der Waals surface area contributed by atoms with Gasteiger partial charge in [0.1, 0.15) is 5.82 Å². The van der Waals surface area contributed by atoms with Gasteiger partial charge < -0.3 is 5.32 Å². The SMILES string of the molecule is CCC(C(=O)NCCc1nccn1C(F)F)n1nnc(-c2ccc(Cl)cc2)n1. The number of nitrogens with zero attached hydrogens (tertiary/aromatic N) is 6. The normalized spacial score (nSPS) is 12.3. The third-order valence-corrected chi connectivity index (χ3v) is 4.36. The molecule has 2 heterocycles. The van der Waals surface area contributed by atoms with Crippen LogP contribution in [0.3, 0.4) is 0 Å². The Labute approximate surface area is 164 Å². The lowest BCUT2D eigenvalue weighted by Gasteiger charge is -2.13. The zero-order valence-corrected chi connectivity index (χ0v) is 15.7.